The van der Waals surface area contributed by atoms with E-state index in [0.717, 1.165) is 35.5 Å². The Hall–Kier alpha value is -2.82. The number of Topliss-reactive ketones (excluding diaryl/α,β-unsaturated/α-hetero) is 1. The predicted molar refractivity (Wildman–Crippen MR) is 107 cm³/mol. The van der Waals surface area contributed by atoms with Gasteiger partial charge in [0, 0.05) is 37.3 Å². The molecule has 142 valence electrons. The van der Waals surface area contributed by atoms with E-state index < -0.39 is 12.2 Å². The van der Waals surface area contributed by atoms with Crippen LogP contribution in [0.1, 0.15) is 43.1 Å². The summed E-state index contributed by atoms with van der Waals surface area (Å²) in [5.41, 5.74) is 4.66. The molecule has 0 fully saturated rings. The highest BCUT2D eigenvalue weighted by Gasteiger charge is 2.28. The first-order chi connectivity index (χ1) is 13.0. The van der Waals surface area contributed by atoms with Gasteiger partial charge in [-0.3, -0.25) is 10.1 Å². The number of fused-ring (bicyclic) bond motifs is 1. The largest absolute Gasteiger partial charge is 0.441 e. The fourth-order valence-corrected chi connectivity index (χ4v) is 3.56. The third kappa shape index (κ3) is 4.30. The van der Waals surface area contributed by atoms with Gasteiger partial charge in [0.25, 0.3) is 0 Å². The Morgan fingerprint density at radius 2 is 1.93 bits per heavy atom. The van der Waals surface area contributed by atoms with E-state index >= 15 is 0 Å². The van der Waals surface area contributed by atoms with E-state index in [4.69, 9.17) is 4.74 Å². The molecule has 0 radical (unpaired) electrons. The predicted octanol–water partition coefficient (Wildman–Crippen LogP) is 4.65. The molecule has 0 spiro atoms. The molecule has 0 aliphatic heterocycles. The van der Waals surface area contributed by atoms with Gasteiger partial charge in [-0.05, 0) is 55.7 Å². The zero-order valence-corrected chi connectivity index (χ0v) is 16.1. The number of rotatable bonds is 5. The van der Waals surface area contributed by atoms with Gasteiger partial charge in [0.1, 0.15) is 11.9 Å². The Kier molecular flexibility index (Phi) is 5.79. The standard InChI is InChI=1S/C22H26N2O3/c1-4-24(5-2)17-10-11-20(15(3)12-17)23-22(26)27-21-14-18(25)13-16-8-6-7-9-19(16)21/h6-12,21H,4-5,13-14H2,1-3H3,(H,23,26). The van der Waals surface area contributed by atoms with Crippen molar-refractivity contribution in [1.29, 1.82) is 0 Å². The molecule has 5 heteroatoms. The van der Waals surface area contributed by atoms with Crippen molar-refractivity contribution in [3.05, 3.63) is 59.2 Å². The summed E-state index contributed by atoms with van der Waals surface area (Å²) in [6.07, 6.45) is -0.436. The Balaban J connectivity index is 1.71. The van der Waals surface area contributed by atoms with Crippen molar-refractivity contribution in [3.63, 3.8) is 0 Å². The van der Waals surface area contributed by atoms with Crippen molar-refractivity contribution in [1.82, 2.24) is 0 Å². The normalized spacial score (nSPS) is 15.8. The molecule has 5 nitrogen and oxygen atoms in total. The van der Waals surface area contributed by atoms with Gasteiger partial charge >= 0.3 is 6.09 Å². The lowest BCUT2D eigenvalue weighted by molar-refractivity contribution is -0.121. The van der Waals surface area contributed by atoms with Crippen LogP contribution in [0.2, 0.25) is 0 Å². The summed E-state index contributed by atoms with van der Waals surface area (Å²) >= 11 is 0. The molecule has 0 heterocycles. The van der Waals surface area contributed by atoms with Gasteiger partial charge in [0.05, 0.1) is 0 Å². The molecule has 1 N–H and O–H groups in total. The van der Waals surface area contributed by atoms with Gasteiger partial charge in [-0.2, -0.15) is 0 Å². The molecule has 1 aliphatic rings. The number of benzene rings is 2. The van der Waals surface area contributed by atoms with E-state index in [0.29, 0.717) is 12.1 Å². The molecule has 1 unspecified atom stereocenters. The highest BCUT2D eigenvalue weighted by Crippen LogP contribution is 2.31. The van der Waals surface area contributed by atoms with Crippen LogP contribution < -0.4 is 10.2 Å². The molecule has 0 saturated carbocycles. The molecule has 1 atom stereocenters. The number of anilines is 2. The summed E-state index contributed by atoms with van der Waals surface area (Å²) in [6, 6.07) is 13.6. The molecule has 27 heavy (non-hydrogen) atoms. The van der Waals surface area contributed by atoms with Crippen molar-refractivity contribution < 1.29 is 14.3 Å². The minimum absolute atomic E-state index is 0.0891. The fraction of sp³-hybridized carbons (Fsp3) is 0.364. The Morgan fingerprint density at radius 1 is 1.19 bits per heavy atom. The maximum Gasteiger partial charge on any atom is 0.412 e. The summed E-state index contributed by atoms with van der Waals surface area (Å²) in [7, 11) is 0. The molecule has 0 aromatic heterocycles. The minimum atomic E-state index is -0.539. The summed E-state index contributed by atoms with van der Waals surface area (Å²) in [5, 5.41) is 2.81. The van der Waals surface area contributed by atoms with Crippen molar-refractivity contribution in [3.8, 4) is 0 Å². The zero-order chi connectivity index (χ0) is 19.4. The van der Waals surface area contributed by atoms with E-state index in [9.17, 15) is 9.59 Å². The number of ketones is 1. The van der Waals surface area contributed by atoms with Crippen LogP contribution >= 0.6 is 0 Å². The van der Waals surface area contributed by atoms with Crippen molar-refractivity contribution >= 4 is 23.3 Å². The highest BCUT2D eigenvalue weighted by atomic mass is 16.6. The number of carbonyl (C=O) groups excluding carboxylic acids is 2. The van der Waals surface area contributed by atoms with Gasteiger partial charge in [-0.25, -0.2) is 4.79 Å². The number of nitrogens with zero attached hydrogens (tertiary/aromatic N) is 1. The van der Waals surface area contributed by atoms with Crippen molar-refractivity contribution in [2.24, 2.45) is 0 Å². The first-order valence-corrected chi connectivity index (χ1v) is 9.44. The third-order valence-electron chi connectivity index (χ3n) is 5.03. The SMILES string of the molecule is CCN(CC)c1ccc(NC(=O)OC2CC(=O)Cc3ccccc32)c(C)c1. The lowest BCUT2D eigenvalue weighted by Gasteiger charge is -2.25. The first-order valence-electron chi connectivity index (χ1n) is 9.44. The quantitative estimate of drug-likeness (QED) is 0.837. The average molecular weight is 366 g/mol. The maximum atomic E-state index is 12.4. The second kappa shape index (κ2) is 8.25. The van der Waals surface area contributed by atoms with E-state index in [1.807, 2.05) is 43.3 Å². The highest BCUT2D eigenvalue weighted by molar-refractivity contribution is 5.88. The van der Waals surface area contributed by atoms with Crippen LogP contribution in [-0.4, -0.2) is 25.0 Å². The fourth-order valence-electron chi connectivity index (χ4n) is 3.56. The Bertz CT molecular complexity index is 843. The number of hydrogen-bond acceptors (Lipinski definition) is 4. The summed E-state index contributed by atoms with van der Waals surface area (Å²) in [5.74, 6) is 0.0891. The van der Waals surface area contributed by atoms with Crippen molar-refractivity contribution in [2.75, 3.05) is 23.3 Å². The summed E-state index contributed by atoms with van der Waals surface area (Å²) in [6.45, 7) is 8.05. The minimum Gasteiger partial charge on any atom is -0.441 e. The van der Waals surface area contributed by atoms with Gasteiger partial charge in [-0.15, -0.1) is 0 Å². The van der Waals surface area contributed by atoms with Crippen LogP contribution in [0.5, 0.6) is 0 Å². The summed E-state index contributed by atoms with van der Waals surface area (Å²) in [4.78, 5) is 26.6. The first kappa shape index (κ1) is 19.0. The average Bonchev–Trinajstić information content (AvgIpc) is 2.64. The molecule has 0 saturated heterocycles. The molecule has 1 amide bonds. The number of aryl methyl sites for hydroxylation is 1. The van der Waals surface area contributed by atoms with E-state index in [1.165, 1.54) is 0 Å². The number of hydrogen-bond donors (Lipinski definition) is 1. The smallest absolute Gasteiger partial charge is 0.412 e. The van der Waals surface area contributed by atoms with Gasteiger partial charge in [-0.1, -0.05) is 24.3 Å². The van der Waals surface area contributed by atoms with Crippen LogP contribution in [0.15, 0.2) is 42.5 Å². The zero-order valence-electron chi connectivity index (χ0n) is 16.1. The van der Waals surface area contributed by atoms with Gasteiger partial charge in [0.15, 0.2) is 0 Å². The second-order valence-electron chi connectivity index (χ2n) is 6.81. The Morgan fingerprint density at radius 3 is 2.63 bits per heavy atom. The van der Waals surface area contributed by atoms with Crippen molar-refractivity contribution in [2.45, 2.75) is 39.7 Å². The van der Waals surface area contributed by atoms with E-state index in [1.54, 1.807) is 0 Å². The molecular weight excluding hydrogens is 340 g/mol. The number of amides is 1. The van der Waals surface area contributed by atoms with Gasteiger partial charge < -0.3 is 9.64 Å². The molecule has 2 aromatic carbocycles. The van der Waals surface area contributed by atoms with Crippen LogP contribution in [0, 0.1) is 6.92 Å². The van der Waals surface area contributed by atoms with Gasteiger partial charge in [0.2, 0.25) is 0 Å². The van der Waals surface area contributed by atoms with Crippen LogP contribution in [0.3, 0.4) is 0 Å². The lowest BCUT2D eigenvalue weighted by Crippen LogP contribution is -2.25. The maximum absolute atomic E-state index is 12.4. The third-order valence-corrected chi connectivity index (χ3v) is 5.03. The monoisotopic (exact) mass is 366 g/mol. The Labute approximate surface area is 160 Å². The summed E-state index contributed by atoms with van der Waals surface area (Å²) < 4.78 is 5.59. The number of ether oxygens (including phenoxy) is 1. The van der Waals surface area contributed by atoms with E-state index in [-0.39, 0.29) is 12.2 Å². The molecule has 0 bridgehead atoms. The number of carbonyl (C=O) groups is 2. The number of nitrogens with one attached hydrogen (secondary N) is 1. The van der Waals surface area contributed by atoms with Crippen LogP contribution in [0.25, 0.3) is 0 Å². The van der Waals surface area contributed by atoms with Crippen LogP contribution in [0.4, 0.5) is 16.2 Å². The molecule has 2 aromatic rings. The van der Waals surface area contributed by atoms with Crippen LogP contribution in [-0.2, 0) is 16.0 Å². The lowest BCUT2D eigenvalue weighted by atomic mass is 9.88. The van der Waals surface area contributed by atoms with E-state index in [2.05, 4.69) is 30.1 Å². The molecule has 3 rings (SSSR count). The molecule has 1 aliphatic carbocycles. The second-order valence-corrected chi connectivity index (χ2v) is 6.81. The molecular formula is C22H26N2O3. The topological polar surface area (TPSA) is 58.6 Å².